The molecule has 0 saturated heterocycles. The van der Waals surface area contributed by atoms with E-state index in [-0.39, 0.29) is 0 Å². The van der Waals surface area contributed by atoms with Gasteiger partial charge in [-0.3, -0.25) is 0 Å². The Labute approximate surface area is 151 Å². The SMILES string of the molecule is COc1cc2c(N(C)Cc3c(C)noc3C)ncnc2c(OC)c1OC. The van der Waals surface area contributed by atoms with E-state index in [1.54, 1.807) is 21.3 Å². The fourth-order valence-electron chi connectivity index (χ4n) is 2.99. The van der Waals surface area contributed by atoms with Crippen LogP contribution in [0.3, 0.4) is 0 Å². The molecule has 26 heavy (non-hydrogen) atoms. The molecule has 2 aromatic heterocycles. The molecule has 138 valence electrons. The van der Waals surface area contributed by atoms with Gasteiger partial charge < -0.3 is 23.6 Å². The van der Waals surface area contributed by atoms with E-state index in [2.05, 4.69) is 15.1 Å². The summed E-state index contributed by atoms with van der Waals surface area (Å²) in [5, 5.41) is 4.81. The second-order valence-corrected chi connectivity index (χ2v) is 5.90. The number of rotatable bonds is 6. The van der Waals surface area contributed by atoms with Crippen LogP contribution in [0.2, 0.25) is 0 Å². The summed E-state index contributed by atoms with van der Waals surface area (Å²) in [6.45, 7) is 4.43. The van der Waals surface area contributed by atoms with Crippen molar-refractivity contribution >= 4 is 16.7 Å². The van der Waals surface area contributed by atoms with Crippen LogP contribution in [-0.2, 0) is 6.54 Å². The van der Waals surface area contributed by atoms with Crippen molar-refractivity contribution in [3.63, 3.8) is 0 Å². The van der Waals surface area contributed by atoms with Crippen molar-refractivity contribution in [2.75, 3.05) is 33.3 Å². The van der Waals surface area contributed by atoms with E-state index in [9.17, 15) is 0 Å². The topological polar surface area (TPSA) is 82.7 Å². The number of aromatic nitrogens is 3. The number of ether oxygens (including phenoxy) is 3. The first kappa shape index (κ1) is 17.8. The van der Waals surface area contributed by atoms with E-state index in [4.69, 9.17) is 18.7 Å². The molecule has 0 fully saturated rings. The Hall–Kier alpha value is -3.03. The molecule has 0 N–H and O–H groups in total. The Balaban J connectivity index is 2.14. The first-order valence-corrected chi connectivity index (χ1v) is 8.08. The smallest absolute Gasteiger partial charge is 0.205 e. The first-order chi connectivity index (χ1) is 12.5. The molecular formula is C18H22N4O4. The minimum absolute atomic E-state index is 0.500. The fraction of sp³-hybridized carbons (Fsp3) is 0.389. The molecule has 0 aliphatic carbocycles. The van der Waals surface area contributed by atoms with Crippen molar-refractivity contribution in [2.24, 2.45) is 0 Å². The summed E-state index contributed by atoms with van der Waals surface area (Å²) in [5.74, 6) is 3.11. The Morgan fingerprint density at radius 3 is 2.35 bits per heavy atom. The highest BCUT2D eigenvalue weighted by Gasteiger charge is 2.21. The van der Waals surface area contributed by atoms with Crippen molar-refractivity contribution in [1.29, 1.82) is 0 Å². The van der Waals surface area contributed by atoms with Crippen LogP contribution in [0.4, 0.5) is 5.82 Å². The average molecular weight is 358 g/mol. The minimum Gasteiger partial charge on any atom is -0.493 e. The molecule has 0 saturated carbocycles. The summed E-state index contributed by atoms with van der Waals surface area (Å²) in [4.78, 5) is 10.9. The van der Waals surface area contributed by atoms with E-state index >= 15 is 0 Å². The highest BCUT2D eigenvalue weighted by Crippen LogP contribution is 2.44. The summed E-state index contributed by atoms with van der Waals surface area (Å²) in [6.07, 6.45) is 1.51. The van der Waals surface area contributed by atoms with Gasteiger partial charge in [0, 0.05) is 19.2 Å². The van der Waals surface area contributed by atoms with Gasteiger partial charge in [0.05, 0.1) is 32.4 Å². The molecule has 0 bridgehead atoms. The van der Waals surface area contributed by atoms with Gasteiger partial charge in [-0.25, -0.2) is 9.97 Å². The molecule has 2 heterocycles. The van der Waals surface area contributed by atoms with Gasteiger partial charge in [0.1, 0.15) is 23.4 Å². The van der Waals surface area contributed by atoms with Crippen molar-refractivity contribution in [3.05, 3.63) is 29.4 Å². The summed E-state index contributed by atoms with van der Waals surface area (Å²) >= 11 is 0. The number of anilines is 1. The van der Waals surface area contributed by atoms with Crippen molar-refractivity contribution < 1.29 is 18.7 Å². The van der Waals surface area contributed by atoms with Gasteiger partial charge in [-0.1, -0.05) is 5.16 Å². The number of methoxy groups -OCH3 is 3. The minimum atomic E-state index is 0.500. The number of hydrogen-bond donors (Lipinski definition) is 0. The molecule has 0 amide bonds. The van der Waals surface area contributed by atoms with Crippen LogP contribution in [0.25, 0.3) is 10.9 Å². The van der Waals surface area contributed by atoms with Crippen LogP contribution in [0.15, 0.2) is 16.9 Å². The van der Waals surface area contributed by atoms with Gasteiger partial charge in [-0.2, -0.15) is 0 Å². The molecule has 8 heteroatoms. The van der Waals surface area contributed by atoms with Crippen molar-refractivity contribution in [1.82, 2.24) is 15.1 Å². The largest absolute Gasteiger partial charge is 0.493 e. The van der Waals surface area contributed by atoms with Crippen molar-refractivity contribution in [2.45, 2.75) is 20.4 Å². The molecule has 0 aliphatic heterocycles. The lowest BCUT2D eigenvalue weighted by Crippen LogP contribution is -2.19. The van der Waals surface area contributed by atoms with Crippen LogP contribution in [0, 0.1) is 13.8 Å². The second-order valence-electron chi connectivity index (χ2n) is 5.90. The van der Waals surface area contributed by atoms with Gasteiger partial charge >= 0.3 is 0 Å². The zero-order valence-electron chi connectivity index (χ0n) is 15.8. The van der Waals surface area contributed by atoms with Crippen molar-refractivity contribution in [3.8, 4) is 17.2 Å². The number of hydrogen-bond acceptors (Lipinski definition) is 8. The fourth-order valence-corrected chi connectivity index (χ4v) is 2.99. The molecule has 1 aromatic carbocycles. The number of benzene rings is 1. The normalized spacial score (nSPS) is 10.8. The molecule has 3 rings (SSSR count). The Bertz CT molecular complexity index is 919. The van der Waals surface area contributed by atoms with Crippen LogP contribution >= 0.6 is 0 Å². The van der Waals surface area contributed by atoms with Crippen LogP contribution in [-0.4, -0.2) is 43.5 Å². The number of aryl methyl sites for hydroxylation is 2. The van der Waals surface area contributed by atoms with Gasteiger partial charge in [-0.05, 0) is 19.9 Å². The van der Waals surface area contributed by atoms with E-state index < -0.39 is 0 Å². The standard InChI is InChI=1S/C18H22N4O4/c1-10-13(11(2)26-21-10)8-22(3)18-12-7-14(23-4)16(24-5)17(25-6)15(12)19-9-20-18/h7,9H,8H2,1-6H3. The molecule has 0 spiro atoms. The first-order valence-electron chi connectivity index (χ1n) is 8.08. The lowest BCUT2D eigenvalue weighted by Gasteiger charge is -2.21. The summed E-state index contributed by atoms with van der Waals surface area (Å²) in [6, 6.07) is 1.86. The molecule has 0 atom stereocenters. The zero-order chi connectivity index (χ0) is 18.8. The third kappa shape index (κ3) is 2.87. The second kappa shape index (κ2) is 7.07. The van der Waals surface area contributed by atoms with Crippen LogP contribution in [0.1, 0.15) is 17.0 Å². The monoisotopic (exact) mass is 358 g/mol. The molecule has 0 unspecified atom stereocenters. The van der Waals surface area contributed by atoms with Gasteiger partial charge in [0.25, 0.3) is 0 Å². The summed E-state index contributed by atoms with van der Waals surface area (Å²) in [7, 11) is 6.68. The predicted molar refractivity (Wildman–Crippen MR) is 97.3 cm³/mol. The predicted octanol–water partition coefficient (Wildman–Crippen LogP) is 2.90. The quantitative estimate of drug-likeness (QED) is 0.665. The Morgan fingerprint density at radius 2 is 1.77 bits per heavy atom. The maximum absolute atomic E-state index is 5.53. The highest BCUT2D eigenvalue weighted by molar-refractivity contribution is 5.96. The van der Waals surface area contributed by atoms with E-state index in [0.717, 1.165) is 28.2 Å². The van der Waals surface area contributed by atoms with Gasteiger partial charge in [-0.15, -0.1) is 0 Å². The summed E-state index contributed by atoms with van der Waals surface area (Å²) < 4.78 is 21.7. The van der Waals surface area contributed by atoms with Gasteiger partial charge in [0.2, 0.25) is 5.75 Å². The van der Waals surface area contributed by atoms with E-state index in [1.165, 1.54) is 6.33 Å². The molecule has 0 aliphatic rings. The molecular weight excluding hydrogens is 336 g/mol. The van der Waals surface area contributed by atoms with E-state index in [0.29, 0.717) is 29.3 Å². The molecule has 8 nitrogen and oxygen atoms in total. The number of nitrogens with zero attached hydrogens (tertiary/aromatic N) is 4. The zero-order valence-corrected chi connectivity index (χ0v) is 15.8. The average Bonchev–Trinajstić information content (AvgIpc) is 2.97. The Kier molecular flexibility index (Phi) is 4.83. The number of fused-ring (bicyclic) bond motifs is 1. The lowest BCUT2D eigenvalue weighted by atomic mass is 10.1. The maximum Gasteiger partial charge on any atom is 0.205 e. The Morgan fingerprint density at radius 1 is 1.04 bits per heavy atom. The highest BCUT2D eigenvalue weighted by atomic mass is 16.5. The third-order valence-corrected chi connectivity index (χ3v) is 4.35. The van der Waals surface area contributed by atoms with Crippen LogP contribution in [0.5, 0.6) is 17.2 Å². The summed E-state index contributed by atoms with van der Waals surface area (Å²) in [5.41, 5.74) is 2.55. The molecule has 3 aromatic rings. The maximum atomic E-state index is 5.53. The lowest BCUT2D eigenvalue weighted by molar-refractivity contribution is 0.327. The van der Waals surface area contributed by atoms with Gasteiger partial charge in [0.15, 0.2) is 11.5 Å². The van der Waals surface area contributed by atoms with Crippen LogP contribution < -0.4 is 19.1 Å². The third-order valence-electron chi connectivity index (χ3n) is 4.35. The molecule has 0 radical (unpaired) electrons. The van der Waals surface area contributed by atoms with E-state index in [1.807, 2.05) is 31.9 Å².